The largest absolute Gasteiger partial charge is 0.492 e. The van der Waals surface area contributed by atoms with E-state index in [1.54, 1.807) is 0 Å². The third-order valence-electron chi connectivity index (χ3n) is 2.76. The number of ether oxygens (including phenoxy) is 1. The normalized spacial score (nSPS) is 10.8. The van der Waals surface area contributed by atoms with Gasteiger partial charge in [0, 0.05) is 12.2 Å². The zero-order chi connectivity index (χ0) is 14.4. The zero-order valence-electron chi connectivity index (χ0n) is 11.7. The summed E-state index contributed by atoms with van der Waals surface area (Å²) in [6, 6.07) is 11.8. The molecule has 2 aromatic rings. The molecule has 1 aromatic carbocycles. The Morgan fingerprint density at radius 1 is 1.15 bits per heavy atom. The number of hydrogen-bond acceptors (Lipinski definition) is 4. The average molecular weight is 339 g/mol. The van der Waals surface area contributed by atoms with Crippen LogP contribution in [0.3, 0.4) is 0 Å². The van der Waals surface area contributed by atoms with Crippen molar-refractivity contribution in [3.05, 3.63) is 46.8 Å². The predicted octanol–water partition coefficient (Wildman–Crippen LogP) is 3.59. The van der Waals surface area contributed by atoms with E-state index in [0.717, 1.165) is 28.4 Å². The van der Waals surface area contributed by atoms with E-state index in [0.29, 0.717) is 13.2 Å². The van der Waals surface area contributed by atoms with Gasteiger partial charge < -0.3 is 19.4 Å². The van der Waals surface area contributed by atoms with Gasteiger partial charge in [-0.1, -0.05) is 0 Å². The summed E-state index contributed by atoms with van der Waals surface area (Å²) in [4.78, 5) is 2.09. The Kier molecular flexibility index (Phi) is 5.49. The van der Waals surface area contributed by atoms with Gasteiger partial charge in [0.25, 0.3) is 0 Å². The minimum absolute atomic E-state index is 0.659. The van der Waals surface area contributed by atoms with E-state index in [2.05, 4.69) is 26.1 Å². The Hall–Kier alpha value is -1.46. The fourth-order valence-electron chi connectivity index (χ4n) is 1.65. The van der Waals surface area contributed by atoms with Crippen molar-refractivity contribution in [2.45, 2.75) is 6.54 Å². The number of nitrogens with one attached hydrogen (secondary N) is 1. The molecular formula is C15H19BrN2O2. The fraction of sp³-hybridized carbons (Fsp3) is 0.333. The van der Waals surface area contributed by atoms with Crippen LogP contribution in [0.2, 0.25) is 0 Å². The number of furan rings is 1. The van der Waals surface area contributed by atoms with Gasteiger partial charge in [-0.25, -0.2) is 0 Å². The number of hydrogen-bond donors (Lipinski definition) is 1. The topological polar surface area (TPSA) is 37.6 Å². The van der Waals surface area contributed by atoms with Crippen LogP contribution in [-0.2, 0) is 6.54 Å². The molecule has 0 saturated carbocycles. The summed E-state index contributed by atoms with van der Waals surface area (Å²) in [5.41, 5.74) is 1.04. The van der Waals surface area contributed by atoms with Gasteiger partial charge in [0.1, 0.15) is 18.1 Å². The van der Waals surface area contributed by atoms with Crippen molar-refractivity contribution in [2.75, 3.05) is 32.6 Å². The van der Waals surface area contributed by atoms with Crippen molar-refractivity contribution < 1.29 is 9.15 Å². The van der Waals surface area contributed by atoms with Crippen molar-refractivity contribution in [3.63, 3.8) is 0 Å². The van der Waals surface area contributed by atoms with E-state index in [1.165, 1.54) is 0 Å². The number of rotatable bonds is 7. The molecule has 0 fully saturated rings. The van der Waals surface area contributed by atoms with E-state index in [4.69, 9.17) is 9.15 Å². The minimum Gasteiger partial charge on any atom is -0.492 e. The third-order valence-corrected chi connectivity index (χ3v) is 3.18. The van der Waals surface area contributed by atoms with Crippen LogP contribution in [-0.4, -0.2) is 32.1 Å². The second-order valence-electron chi connectivity index (χ2n) is 4.74. The Labute approximate surface area is 127 Å². The molecule has 0 radical (unpaired) electrons. The maximum absolute atomic E-state index is 5.64. The summed E-state index contributed by atoms with van der Waals surface area (Å²) in [6.45, 7) is 2.26. The van der Waals surface area contributed by atoms with Crippen LogP contribution >= 0.6 is 15.9 Å². The Morgan fingerprint density at radius 3 is 2.50 bits per heavy atom. The molecule has 0 bridgehead atoms. The molecule has 0 aliphatic carbocycles. The van der Waals surface area contributed by atoms with Gasteiger partial charge in [-0.2, -0.15) is 0 Å². The van der Waals surface area contributed by atoms with Crippen molar-refractivity contribution >= 4 is 21.6 Å². The summed E-state index contributed by atoms with van der Waals surface area (Å²) in [5.74, 6) is 1.78. The lowest BCUT2D eigenvalue weighted by atomic mass is 10.3. The van der Waals surface area contributed by atoms with Crippen LogP contribution in [0.5, 0.6) is 5.75 Å². The molecular weight excluding hydrogens is 320 g/mol. The van der Waals surface area contributed by atoms with Gasteiger partial charge in [0.2, 0.25) is 0 Å². The van der Waals surface area contributed by atoms with Crippen LogP contribution in [0.1, 0.15) is 5.76 Å². The highest BCUT2D eigenvalue weighted by Crippen LogP contribution is 2.18. The van der Waals surface area contributed by atoms with Gasteiger partial charge in [0.15, 0.2) is 4.67 Å². The average Bonchev–Trinajstić information content (AvgIpc) is 2.83. The summed E-state index contributed by atoms with van der Waals surface area (Å²) in [6.07, 6.45) is 0. The van der Waals surface area contributed by atoms with Gasteiger partial charge in [-0.3, -0.25) is 0 Å². The number of anilines is 1. The maximum atomic E-state index is 5.64. The van der Waals surface area contributed by atoms with Gasteiger partial charge >= 0.3 is 0 Å². The molecule has 1 aromatic heterocycles. The lowest BCUT2D eigenvalue weighted by Crippen LogP contribution is -2.19. The summed E-state index contributed by atoms with van der Waals surface area (Å²) in [7, 11) is 4.06. The molecule has 5 heteroatoms. The predicted molar refractivity (Wildman–Crippen MR) is 84.2 cm³/mol. The highest BCUT2D eigenvalue weighted by atomic mass is 79.9. The molecule has 2 rings (SSSR count). The van der Waals surface area contributed by atoms with Crippen molar-refractivity contribution in [1.82, 2.24) is 4.90 Å². The lowest BCUT2D eigenvalue weighted by molar-refractivity contribution is 0.261. The van der Waals surface area contributed by atoms with E-state index in [-0.39, 0.29) is 0 Å². The smallest absolute Gasteiger partial charge is 0.169 e. The number of benzene rings is 1. The quantitative estimate of drug-likeness (QED) is 0.837. The first-order valence-corrected chi connectivity index (χ1v) is 7.28. The Morgan fingerprint density at radius 2 is 1.90 bits per heavy atom. The molecule has 108 valence electrons. The second kappa shape index (κ2) is 7.36. The molecule has 20 heavy (non-hydrogen) atoms. The molecule has 0 spiro atoms. The highest BCUT2D eigenvalue weighted by molar-refractivity contribution is 9.10. The molecule has 0 saturated heterocycles. The van der Waals surface area contributed by atoms with Crippen LogP contribution in [0.15, 0.2) is 45.5 Å². The molecule has 0 atom stereocenters. The standard InChI is InChI=1S/C15H19BrN2O2/c1-18(2)9-10-19-13-5-3-12(4-6-13)17-11-14-7-8-15(16)20-14/h3-8,17H,9-11H2,1-2H3. The first-order chi connectivity index (χ1) is 9.63. The highest BCUT2D eigenvalue weighted by Gasteiger charge is 2.00. The number of likely N-dealkylation sites (N-methyl/N-ethyl adjacent to an activating group) is 1. The number of nitrogens with zero attached hydrogens (tertiary/aromatic N) is 1. The van der Waals surface area contributed by atoms with Gasteiger partial charge in [0.05, 0.1) is 6.54 Å². The third kappa shape index (κ3) is 4.90. The minimum atomic E-state index is 0.659. The molecule has 1 N–H and O–H groups in total. The number of halogens is 1. The summed E-state index contributed by atoms with van der Waals surface area (Å²) >= 11 is 3.29. The van der Waals surface area contributed by atoms with Crippen LogP contribution in [0, 0.1) is 0 Å². The molecule has 1 heterocycles. The molecule has 0 amide bonds. The maximum Gasteiger partial charge on any atom is 0.169 e. The van der Waals surface area contributed by atoms with Crippen molar-refractivity contribution in [2.24, 2.45) is 0 Å². The summed E-state index contributed by atoms with van der Waals surface area (Å²) in [5, 5.41) is 3.30. The monoisotopic (exact) mass is 338 g/mol. The van der Waals surface area contributed by atoms with E-state index < -0.39 is 0 Å². The Bertz CT molecular complexity index is 523. The molecule has 0 aliphatic rings. The van der Waals surface area contributed by atoms with Crippen molar-refractivity contribution in [1.29, 1.82) is 0 Å². The fourth-order valence-corrected chi connectivity index (χ4v) is 1.99. The van der Waals surface area contributed by atoms with Crippen molar-refractivity contribution in [3.8, 4) is 5.75 Å². The van der Waals surface area contributed by atoms with Gasteiger partial charge in [-0.05, 0) is 66.4 Å². The van der Waals surface area contributed by atoms with Crippen LogP contribution in [0.4, 0.5) is 5.69 Å². The van der Waals surface area contributed by atoms with E-state index in [1.807, 2.05) is 50.5 Å². The van der Waals surface area contributed by atoms with Gasteiger partial charge in [-0.15, -0.1) is 0 Å². The molecule has 0 aliphatic heterocycles. The van der Waals surface area contributed by atoms with E-state index >= 15 is 0 Å². The lowest BCUT2D eigenvalue weighted by Gasteiger charge is -2.11. The second-order valence-corrected chi connectivity index (χ2v) is 5.52. The van der Waals surface area contributed by atoms with E-state index in [9.17, 15) is 0 Å². The van der Waals surface area contributed by atoms with Crippen LogP contribution < -0.4 is 10.1 Å². The first kappa shape index (κ1) is 14.9. The Balaban J connectivity index is 1.79. The SMILES string of the molecule is CN(C)CCOc1ccc(NCc2ccc(Br)o2)cc1. The van der Waals surface area contributed by atoms with Crippen LogP contribution in [0.25, 0.3) is 0 Å². The molecule has 4 nitrogen and oxygen atoms in total. The summed E-state index contributed by atoms with van der Waals surface area (Å²) < 4.78 is 11.8. The first-order valence-electron chi connectivity index (χ1n) is 6.49. The molecule has 0 unspecified atom stereocenters. The zero-order valence-corrected chi connectivity index (χ0v) is 13.3.